The first-order valence-electron chi connectivity index (χ1n) is 6.81. The second kappa shape index (κ2) is 14.3. The molecule has 0 heterocycles. The molecule has 19 heavy (non-hydrogen) atoms. The van der Waals surface area contributed by atoms with Crippen LogP contribution in [-0.4, -0.2) is 19.6 Å². The lowest BCUT2D eigenvalue weighted by molar-refractivity contribution is 0.0958. The predicted octanol–water partition coefficient (Wildman–Crippen LogP) is 4.05. The average Bonchev–Trinajstić information content (AvgIpc) is 2.51. The molecule has 0 aromatic heterocycles. The highest BCUT2D eigenvalue weighted by molar-refractivity contribution is 5.94. The molecule has 0 aliphatic rings. The van der Waals surface area contributed by atoms with E-state index in [0.717, 1.165) is 5.75 Å². The van der Waals surface area contributed by atoms with Gasteiger partial charge in [0.15, 0.2) is 0 Å². The molecular weight excluding hydrogens is 238 g/mol. The summed E-state index contributed by atoms with van der Waals surface area (Å²) in [5, 5.41) is 2.77. The van der Waals surface area contributed by atoms with E-state index in [-0.39, 0.29) is 5.91 Å². The van der Waals surface area contributed by atoms with Gasteiger partial charge >= 0.3 is 0 Å². The van der Waals surface area contributed by atoms with Crippen molar-refractivity contribution in [3.8, 4) is 5.75 Å². The second-order valence-corrected chi connectivity index (χ2v) is 3.01. The van der Waals surface area contributed by atoms with Gasteiger partial charge in [0.25, 0.3) is 5.91 Å². The molecule has 0 aliphatic carbocycles. The number of methoxy groups -OCH3 is 1. The van der Waals surface area contributed by atoms with Gasteiger partial charge in [-0.2, -0.15) is 0 Å². The first kappa shape index (κ1) is 19.6. The molecule has 3 heteroatoms. The summed E-state index contributed by atoms with van der Waals surface area (Å²) in [7, 11) is 1.60. The first-order valence-corrected chi connectivity index (χ1v) is 6.81. The largest absolute Gasteiger partial charge is 0.497 e. The standard InChI is InChI=1S/C12H15NO2.2C2H6/c1-3-4-9-13-12(14)10-5-7-11(15-2)8-6-10;2*1-2/h3-8H,9H2,1-2H3,(H,13,14);2*1-2H3/b4-3+;;. The van der Waals surface area contributed by atoms with E-state index >= 15 is 0 Å². The highest BCUT2D eigenvalue weighted by Gasteiger charge is 2.03. The minimum atomic E-state index is -0.0734. The summed E-state index contributed by atoms with van der Waals surface area (Å²) in [5.74, 6) is 0.677. The molecule has 108 valence electrons. The summed E-state index contributed by atoms with van der Waals surface area (Å²) < 4.78 is 5.00. The summed E-state index contributed by atoms with van der Waals surface area (Å²) in [6.07, 6.45) is 3.79. The van der Waals surface area contributed by atoms with E-state index < -0.39 is 0 Å². The van der Waals surface area contributed by atoms with Crippen molar-refractivity contribution in [2.45, 2.75) is 34.6 Å². The van der Waals surface area contributed by atoms with E-state index in [1.807, 2.05) is 46.8 Å². The molecule has 1 aromatic rings. The molecule has 0 atom stereocenters. The highest BCUT2D eigenvalue weighted by atomic mass is 16.5. The second-order valence-electron chi connectivity index (χ2n) is 3.01. The van der Waals surface area contributed by atoms with Crippen LogP contribution in [-0.2, 0) is 0 Å². The van der Waals surface area contributed by atoms with Gasteiger partial charge in [-0.25, -0.2) is 0 Å². The van der Waals surface area contributed by atoms with Crippen LogP contribution in [0.25, 0.3) is 0 Å². The molecule has 0 radical (unpaired) electrons. The fraction of sp³-hybridized carbons (Fsp3) is 0.438. The van der Waals surface area contributed by atoms with Crippen LogP contribution < -0.4 is 10.1 Å². The molecular formula is C16H27NO2. The molecule has 1 rings (SSSR count). The third-order valence-electron chi connectivity index (χ3n) is 1.97. The molecule has 0 saturated heterocycles. The molecule has 0 aliphatic heterocycles. The zero-order valence-electron chi connectivity index (χ0n) is 13.0. The van der Waals surface area contributed by atoms with Crippen molar-refractivity contribution in [1.82, 2.24) is 5.32 Å². The van der Waals surface area contributed by atoms with E-state index in [4.69, 9.17) is 4.74 Å². The smallest absolute Gasteiger partial charge is 0.251 e. The van der Waals surface area contributed by atoms with Crippen LogP contribution in [0.5, 0.6) is 5.75 Å². The number of ether oxygens (including phenoxy) is 1. The lowest BCUT2D eigenvalue weighted by atomic mass is 10.2. The van der Waals surface area contributed by atoms with Crippen molar-refractivity contribution < 1.29 is 9.53 Å². The third-order valence-corrected chi connectivity index (χ3v) is 1.97. The summed E-state index contributed by atoms with van der Waals surface area (Å²) in [6.45, 7) is 10.5. The molecule has 0 unspecified atom stereocenters. The van der Waals surface area contributed by atoms with Crippen molar-refractivity contribution in [2.24, 2.45) is 0 Å². The zero-order chi connectivity index (χ0) is 15.1. The zero-order valence-corrected chi connectivity index (χ0v) is 13.0. The van der Waals surface area contributed by atoms with Gasteiger partial charge in [0, 0.05) is 12.1 Å². The lowest BCUT2D eigenvalue weighted by Gasteiger charge is -2.03. The van der Waals surface area contributed by atoms with Crippen LogP contribution >= 0.6 is 0 Å². The van der Waals surface area contributed by atoms with Gasteiger partial charge in [0.2, 0.25) is 0 Å². The van der Waals surface area contributed by atoms with E-state index in [1.165, 1.54) is 0 Å². The van der Waals surface area contributed by atoms with Gasteiger partial charge in [-0.15, -0.1) is 0 Å². The number of allylic oxidation sites excluding steroid dienone is 1. The molecule has 0 fully saturated rings. The Morgan fingerprint density at radius 3 is 2.11 bits per heavy atom. The predicted molar refractivity (Wildman–Crippen MR) is 82.8 cm³/mol. The van der Waals surface area contributed by atoms with Crippen LogP contribution in [0.4, 0.5) is 0 Å². The summed E-state index contributed by atoms with van der Waals surface area (Å²) in [6, 6.07) is 7.02. The fourth-order valence-electron chi connectivity index (χ4n) is 1.11. The lowest BCUT2D eigenvalue weighted by Crippen LogP contribution is -2.23. The van der Waals surface area contributed by atoms with Crippen LogP contribution in [0.15, 0.2) is 36.4 Å². The molecule has 1 aromatic carbocycles. The number of carbonyl (C=O) groups excluding carboxylic acids is 1. The molecule has 0 bridgehead atoms. The molecule has 3 nitrogen and oxygen atoms in total. The van der Waals surface area contributed by atoms with Gasteiger partial charge in [-0.3, -0.25) is 4.79 Å². The SMILES string of the molecule is C/C=C/CNC(=O)c1ccc(OC)cc1.CC.CC. The Bertz CT molecular complexity index is 342. The maximum atomic E-state index is 11.5. The monoisotopic (exact) mass is 265 g/mol. The van der Waals surface area contributed by atoms with Crippen molar-refractivity contribution in [1.29, 1.82) is 0 Å². The Balaban J connectivity index is 0. The number of nitrogens with one attached hydrogen (secondary N) is 1. The maximum Gasteiger partial charge on any atom is 0.251 e. The Hall–Kier alpha value is -1.77. The Morgan fingerprint density at radius 2 is 1.68 bits per heavy atom. The Labute approximate surface area is 117 Å². The quantitative estimate of drug-likeness (QED) is 0.834. The van der Waals surface area contributed by atoms with Gasteiger partial charge in [-0.05, 0) is 31.2 Å². The number of carbonyl (C=O) groups is 1. The van der Waals surface area contributed by atoms with E-state index in [1.54, 1.807) is 31.4 Å². The van der Waals surface area contributed by atoms with E-state index in [2.05, 4.69) is 5.32 Å². The normalized spacial score (nSPS) is 8.74. The van der Waals surface area contributed by atoms with Crippen molar-refractivity contribution >= 4 is 5.91 Å². The first-order chi connectivity index (χ1) is 9.27. The summed E-state index contributed by atoms with van der Waals surface area (Å²) in [4.78, 5) is 11.5. The van der Waals surface area contributed by atoms with Crippen molar-refractivity contribution in [2.75, 3.05) is 13.7 Å². The maximum absolute atomic E-state index is 11.5. The van der Waals surface area contributed by atoms with Crippen LogP contribution in [0.3, 0.4) is 0 Å². The highest BCUT2D eigenvalue weighted by Crippen LogP contribution is 2.10. The number of hydrogen-bond acceptors (Lipinski definition) is 2. The van der Waals surface area contributed by atoms with Gasteiger partial charge < -0.3 is 10.1 Å². The molecule has 1 amide bonds. The van der Waals surface area contributed by atoms with Gasteiger partial charge in [0.1, 0.15) is 5.75 Å². The minimum Gasteiger partial charge on any atom is -0.497 e. The third kappa shape index (κ3) is 8.89. The van der Waals surface area contributed by atoms with Crippen LogP contribution in [0, 0.1) is 0 Å². The molecule has 0 saturated carbocycles. The fourth-order valence-corrected chi connectivity index (χ4v) is 1.11. The topological polar surface area (TPSA) is 38.3 Å². The Morgan fingerprint density at radius 1 is 1.16 bits per heavy atom. The number of hydrogen-bond donors (Lipinski definition) is 1. The van der Waals surface area contributed by atoms with Crippen LogP contribution in [0.2, 0.25) is 0 Å². The summed E-state index contributed by atoms with van der Waals surface area (Å²) >= 11 is 0. The van der Waals surface area contributed by atoms with E-state index in [0.29, 0.717) is 12.1 Å². The van der Waals surface area contributed by atoms with Crippen LogP contribution in [0.1, 0.15) is 45.0 Å². The minimum absolute atomic E-state index is 0.0734. The van der Waals surface area contributed by atoms with Gasteiger partial charge in [-0.1, -0.05) is 39.8 Å². The van der Waals surface area contributed by atoms with Crippen molar-refractivity contribution in [3.05, 3.63) is 42.0 Å². The number of amides is 1. The molecule has 1 N–H and O–H groups in total. The molecule has 0 spiro atoms. The average molecular weight is 265 g/mol. The number of rotatable bonds is 4. The van der Waals surface area contributed by atoms with Gasteiger partial charge in [0.05, 0.1) is 7.11 Å². The Kier molecular flexibility index (Phi) is 14.7. The van der Waals surface area contributed by atoms with Crippen molar-refractivity contribution in [3.63, 3.8) is 0 Å². The summed E-state index contributed by atoms with van der Waals surface area (Å²) in [5.41, 5.74) is 0.639. The van der Waals surface area contributed by atoms with E-state index in [9.17, 15) is 4.79 Å². The number of benzene rings is 1.